The summed E-state index contributed by atoms with van der Waals surface area (Å²) in [7, 11) is 0. The molecule has 0 saturated carbocycles. The first kappa shape index (κ1) is 14.1. The van der Waals surface area contributed by atoms with Crippen molar-refractivity contribution in [2.75, 3.05) is 6.54 Å². The molecule has 0 spiro atoms. The van der Waals surface area contributed by atoms with Crippen molar-refractivity contribution in [2.45, 2.75) is 26.8 Å². The molecule has 2 rings (SSSR count). The number of nitrogens with zero attached hydrogens (tertiary/aromatic N) is 2. The summed E-state index contributed by atoms with van der Waals surface area (Å²) in [4.78, 5) is 12.1. The molecule has 1 aromatic heterocycles. The van der Waals surface area contributed by atoms with E-state index in [1.807, 2.05) is 26.0 Å². The van der Waals surface area contributed by atoms with Crippen LogP contribution in [0.5, 0.6) is 5.75 Å². The largest absolute Gasteiger partial charge is 0.508 e. The van der Waals surface area contributed by atoms with Crippen LogP contribution < -0.4 is 5.32 Å². The molecule has 0 bridgehead atoms. The van der Waals surface area contributed by atoms with Crippen LogP contribution in [0.2, 0.25) is 0 Å². The third kappa shape index (κ3) is 3.38. The number of carbonyl (C=O) groups is 1. The molecule has 0 fully saturated rings. The lowest BCUT2D eigenvalue weighted by Gasteiger charge is -2.07. The number of benzene rings is 1. The zero-order valence-corrected chi connectivity index (χ0v) is 11.8. The molecule has 5 nitrogen and oxygen atoms in total. The first-order valence-corrected chi connectivity index (χ1v) is 6.70. The fraction of sp³-hybridized carbons (Fsp3) is 0.333. The first-order chi connectivity index (χ1) is 9.60. The Morgan fingerprint density at radius 3 is 2.70 bits per heavy atom. The molecule has 20 heavy (non-hydrogen) atoms. The number of hydrogen-bond acceptors (Lipinski definition) is 3. The van der Waals surface area contributed by atoms with Crippen molar-refractivity contribution in [1.29, 1.82) is 0 Å². The van der Waals surface area contributed by atoms with E-state index in [1.54, 1.807) is 22.9 Å². The van der Waals surface area contributed by atoms with E-state index < -0.39 is 0 Å². The van der Waals surface area contributed by atoms with Gasteiger partial charge >= 0.3 is 0 Å². The van der Waals surface area contributed by atoms with Crippen LogP contribution in [0.25, 0.3) is 0 Å². The van der Waals surface area contributed by atoms with Gasteiger partial charge in [0.05, 0.1) is 5.69 Å². The Bertz CT molecular complexity index is 588. The van der Waals surface area contributed by atoms with E-state index in [0.29, 0.717) is 18.8 Å². The van der Waals surface area contributed by atoms with Gasteiger partial charge in [-0.3, -0.25) is 9.48 Å². The molecule has 1 heterocycles. The molecule has 0 saturated heterocycles. The number of aromatic nitrogens is 2. The van der Waals surface area contributed by atoms with E-state index in [4.69, 9.17) is 0 Å². The molecule has 0 radical (unpaired) electrons. The average Bonchev–Trinajstić information content (AvgIpc) is 2.82. The van der Waals surface area contributed by atoms with Crippen molar-refractivity contribution in [3.05, 3.63) is 47.3 Å². The van der Waals surface area contributed by atoms with Crippen molar-refractivity contribution in [3.63, 3.8) is 0 Å². The summed E-state index contributed by atoms with van der Waals surface area (Å²) in [5.41, 5.74) is 2.51. The second-order valence-electron chi connectivity index (χ2n) is 4.66. The van der Waals surface area contributed by atoms with E-state index in [1.165, 1.54) is 0 Å². The Balaban J connectivity index is 1.90. The quantitative estimate of drug-likeness (QED) is 0.874. The van der Waals surface area contributed by atoms with E-state index >= 15 is 0 Å². The van der Waals surface area contributed by atoms with Crippen molar-refractivity contribution >= 4 is 5.91 Å². The van der Waals surface area contributed by atoms with Crippen molar-refractivity contribution in [3.8, 4) is 5.75 Å². The lowest BCUT2D eigenvalue weighted by Crippen LogP contribution is -2.28. The fourth-order valence-electron chi connectivity index (χ4n) is 2.04. The van der Waals surface area contributed by atoms with Crippen molar-refractivity contribution < 1.29 is 9.90 Å². The minimum Gasteiger partial charge on any atom is -0.508 e. The van der Waals surface area contributed by atoms with Gasteiger partial charge in [-0.15, -0.1) is 0 Å². The molecule has 2 aromatic rings. The molecular weight excluding hydrogens is 254 g/mol. The first-order valence-electron chi connectivity index (χ1n) is 6.70. The van der Waals surface area contributed by atoms with E-state index in [-0.39, 0.29) is 11.7 Å². The predicted molar refractivity (Wildman–Crippen MR) is 76.8 cm³/mol. The molecule has 2 N–H and O–H groups in total. The number of hydrogen-bond donors (Lipinski definition) is 2. The molecule has 0 atom stereocenters. The topological polar surface area (TPSA) is 67.2 Å². The smallest absolute Gasteiger partial charge is 0.269 e. The van der Waals surface area contributed by atoms with Crippen molar-refractivity contribution in [1.82, 2.24) is 15.1 Å². The van der Waals surface area contributed by atoms with Gasteiger partial charge < -0.3 is 10.4 Å². The summed E-state index contributed by atoms with van der Waals surface area (Å²) >= 11 is 0. The monoisotopic (exact) mass is 273 g/mol. The SMILES string of the molecule is CCn1nc(C)cc1C(=O)NCCc1ccc(O)cc1. The molecule has 0 aliphatic carbocycles. The number of rotatable bonds is 5. The number of aryl methyl sites for hydroxylation is 2. The third-order valence-electron chi connectivity index (χ3n) is 3.07. The van der Waals surface area contributed by atoms with Gasteiger partial charge in [0.25, 0.3) is 5.91 Å². The molecule has 1 aromatic carbocycles. The number of carbonyl (C=O) groups excluding carboxylic acids is 1. The predicted octanol–water partition coefficient (Wildman–Crippen LogP) is 1.89. The van der Waals surface area contributed by atoms with E-state index in [2.05, 4.69) is 10.4 Å². The minimum atomic E-state index is -0.105. The molecule has 0 aliphatic rings. The van der Waals surface area contributed by atoms with Gasteiger partial charge in [0.1, 0.15) is 11.4 Å². The molecule has 106 valence electrons. The highest BCUT2D eigenvalue weighted by Gasteiger charge is 2.12. The number of phenolic OH excluding ortho intramolecular Hbond substituents is 1. The maximum absolute atomic E-state index is 12.1. The van der Waals surface area contributed by atoms with Crippen LogP contribution in [0.1, 0.15) is 28.7 Å². The Morgan fingerprint density at radius 1 is 1.35 bits per heavy atom. The van der Waals surface area contributed by atoms with Gasteiger partial charge in [-0.05, 0) is 44.0 Å². The van der Waals surface area contributed by atoms with Crippen LogP contribution >= 0.6 is 0 Å². The van der Waals surface area contributed by atoms with Gasteiger partial charge in [-0.25, -0.2) is 0 Å². The Labute approximate surface area is 118 Å². The van der Waals surface area contributed by atoms with Gasteiger partial charge in [-0.2, -0.15) is 5.10 Å². The average molecular weight is 273 g/mol. The molecule has 0 unspecified atom stereocenters. The second-order valence-corrected chi connectivity index (χ2v) is 4.66. The highest BCUT2D eigenvalue weighted by atomic mass is 16.3. The standard InChI is InChI=1S/C15H19N3O2/c1-3-18-14(10-11(2)17-18)15(20)16-9-8-12-4-6-13(19)7-5-12/h4-7,10,19H,3,8-9H2,1-2H3,(H,16,20). The van der Waals surface area contributed by atoms with Crippen LogP contribution in [0.15, 0.2) is 30.3 Å². The highest BCUT2D eigenvalue weighted by Crippen LogP contribution is 2.09. The summed E-state index contributed by atoms with van der Waals surface area (Å²) < 4.78 is 1.70. The molecule has 1 amide bonds. The van der Waals surface area contributed by atoms with Crippen LogP contribution in [0.4, 0.5) is 0 Å². The van der Waals surface area contributed by atoms with E-state index in [9.17, 15) is 9.90 Å². The van der Waals surface area contributed by atoms with Crippen LogP contribution in [0, 0.1) is 6.92 Å². The van der Waals surface area contributed by atoms with Crippen molar-refractivity contribution in [2.24, 2.45) is 0 Å². The number of amides is 1. The van der Waals surface area contributed by atoms with Gasteiger partial charge in [0, 0.05) is 13.1 Å². The summed E-state index contributed by atoms with van der Waals surface area (Å²) in [6.45, 7) is 5.06. The highest BCUT2D eigenvalue weighted by molar-refractivity contribution is 5.92. The maximum Gasteiger partial charge on any atom is 0.269 e. The number of aromatic hydroxyl groups is 1. The third-order valence-corrected chi connectivity index (χ3v) is 3.07. The minimum absolute atomic E-state index is 0.105. The molecular formula is C15H19N3O2. The van der Waals surface area contributed by atoms with Gasteiger partial charge in [-0.1, -0.05) is 12.1 Å². The van der Waals surface area contributed by atoms with Gasteiger partial charge in [0.15, 0.2) is 0 Å². The lowest BCUT2D eigenvalue weighted by atomic mass is 10.1. The summed E-state index contributed by atoms with van der Waals surface area (Å²) in [5.74, 6) is 0.145. The Morgan fingerprint density at radius 2 is 2.05 bits per heavy atom. The summed E-state index contributed by atoms with van der Waals surface area (Å²) in [5, 5.41) is 16.3. The van der Waals surface area contributed by atoms with Gasteiger partial charge in [0.2, 0.25) is 0 Å². The Hall–Kier alpha value is -2.30. The zero-order chi connectivity index (χ0) is 14.5. The zero-order valence-electron chi connectivity index (χ0n) is 11.8. The normalized spacial score (nSPS) is 10.5. The Kier molecular flexibility index (Phi) is 4.40. The fourth-order valence-corrected chi connectivity index (χ4v) is 2.04. The van der Waals surface area contributed by atoms with Crippen LogP contribution in [-0.4, -0.2) is 27.3 Å². The molecule has 5 heteroatoms. The summed E-state index contributed by atoms with van der Waals surface area (Å²) in [6, 6.07) is 8.78. The number of nitrogens with one attached hydrogen (secondary N) is 1. The maximum atomic E-state index is 12.1. The van der Waals surface area contributed by atoms with Crippen LogP contribution in [0.3, 0.4) is 0 Å². The number of phenols is 1. The van der Waals surface area contributed by atoms with Crippen LogP contribution in [-0.2, 0) is 13.0 Å². The second kappa shape index (κ2) is 6.23. The van der Waals surface area contributed by atoms with E-state index in [0.717, 1.165) is 17.7 Å². The summed E-state index contributed by atoms with van der Waals surface area (Å²) in [6.07, 6.45) is 0.727. The lowest BCUT2D eigenvalue weighted by molar-refractivity contribution is 0.0943. The molecule has 0 aliphatic heterocycles.